The van der Waals surface area contributed by atoms with Crippen molar-refractivity contribution in [3.05, 3.63) is 66.1 Å². The van der Waals surface area contributed by atoms with Crippen molar-refractivity contribution in [1.29, 1.82) is 0 Å². The van der Waals surface area contributed by atoms with Gasteiger partial charge in [0, 0.05) is 17.0 Å². The first kappa shape index (κ1) is 17.8. The van der Waals surface area contributed by atoms with E-state index in [1.807, 2.05) is 66.4 Å². The van der Waals surface area contributed by atoms with E-state index in [-0.39, 0.29) is 11.9 Å². The lowest BCUT2D eigenvalue weighted by molar-refractivity contribution is -0.129. The average molecular weight is 379 g/mol. The van der Waals surface area contributed by atoms with Crippen molar-refractivity contribution in [2.24, 2.45) is 0 Å². The standard InChI is InChI=1S/C21H21N3O2S/c1-15-9-11-16(12-10-15)20-22-21(26-23-20)18-8-5-13-24(18)19(25)14-27-17-6-3-2-4-7-17/h2-4,6-7,9-12,18H,5,8,13-14H2,1H3. The molecule has 138 valence electrons. The summed E-state index contributed by atoms with van der Waals surface area (Å²) in [6, 6.07) is 17.9. The molecule has 2 aromatic carbocycles. The van der Waals surface area contributed by atoms with Crippen LogP contribution >= 0.6 is 11.8 Å². The van der Waals surface area contributed by atoms with Gasteiger partial charge in [-0.05, 0) is 31.9 Å². The SMILES string of the molecule is Cc1ccc(-c2noc(C3CCCN3C(=O)CSc3ccccc3)n2)cc1. The molecule has 0 spiro atoms. The van der Waals surface area contributed by atoms with Gasteiger partial charge >= 0.3 is 0 Å². The highest BCUT2D eigenvalue weighted by molar-refractivity contribution is 8.00. The predicted molar refractivity (Wildman–Crippen MR) is 105 cm³/mol. The highest BCUT2D eigenvalue weighted by Gasteiger charge is 2.34. The molecule has 3 aromatic rings. The summed E-state index contributed by atoms with van der Waals surface area (Å²) in [7, 11) is 0. The van der Waals surface area contributed by atoms with Gasteiger partial charge in [0.25, 0.3) is 0 Å². The predicted octanol–water partition coefficient (Wildman–Crippen LogP) is 4.50. The first-order chi connectivity index (χ1) is 13.2. The highest BCUT2D eigenvalue weighted by atomic mass is 32.2. The Bertz CT molecular complexity index is 909. The minimum atomic E-state index is -0.124. The number of aromatic nitrogens is 2. The summed E-state index contributed by atoms with van der Waals surface area (Å²) in [5.41, 5.74) is 2.11. The molecule has 1 fully saturated rings. The fourth-order valence-corrected chi connectivity index (χ4v) is 4.06. The summed E-state index contributed by atoms with van der Waals surface area (Å²) in [6.07, 6.45) is 1.81. The van der Waals surface area contributed by atoms with Gasteiger partial charge in [0.1, 0.15) is 6.04 Å². The lowest BCUT2D eigenvalue weighted by Crippen LogP contribution is -2.32. The third-order valence-electron chi connectivity index (χ3n) is 4.72. The van der Waals surface area contributed by atoms with Crippen LogP contribution in [0.1, 0.15) is 30.3 Å². The van der Waals surface area contributed by atoms with Crippen LogP contribution in [-0.4, -0.2) is 33.2 Å². The number of likely N-dealkylation sites (tertiary alicyclic amines) is 1. The van der Waals surface area contributed by atoms with Gasteiger partial charge in [-0.3, -0.25) is 4.79 Å². The summed E-state index contributed by atoms with van der Waals surface area (Å²) in [5.74, 6) is 1.63. The van der Waals surface area contributed by atoms with Crippen molar-refractivity contribution in [3.8, 4) is 11.4 Å². The van der Waals surface area contributed by atoms with E-state index in [1.54, 1.807) is 11.8 Å². The molecule has 4 rings (SSSR count). The topological polar surface area (TPSA) is 59.2 Å². The molecular formula is C21H21N3O2S. The Balaban J connectivity index is 1.45. The molecule has 1 saturated heterocycles. The fourth-order valence-electron chi connectivity index (χ4n) is 3.26. The van der Waals surface area contributed by atoms with Crippen LogP contribution in [0.25, 0.3) is 11.4 Å². The molecule has 0 aliphatic carbocycles. The zero-order chi connectivity index (χ0) is 18.6. The number of hydrogen-bond donors (Lipinski definition) is 0. The number of carbonyl (C=O) groups is 1. The molecule has 0 bridgehead atoms. The quantitative estimate of drug-likeness (QED) is 0.611. The molecule has 1 amide bonds. The minimum Gasteiger partial charge on any atom is -0.337 e. The number of aryl methyl sites for hydroxylation is 1. The molecule has 0 radical (unpaired) electrons. The van der Waals surface area contributed by atoms with Gasteiger partial charge in [0.05, 0.1) is 5.75 Å². The van der Waals surface area contributed by atoms with Crippen molar-refractivity contribution in [3.63, 3.8) is 0 Å². The molecular weight excluding hydrogens is 358 g/mol. The zero-order valence-electron chi connectivity index (χ0n) is 15.2. The van der Waals surface area contributed by atoms with E-state index in [2.05, 4.69) is 10.1 Å². The van der Waals surface area contributed by atoms with Gasteiger partial charge in [0.2, 0.25) is 17.6 Å². The summed E-state index contributed by atoms with van der Waals surface area (Å²) >= 11 is 1.56. The van der Waals surface area contributed by atoms with Gasteiger partial charge in [-0.25, -0.2) is 0 Å². The second-order valence-electron chi connectivity index (χ2n) is 6.67. The number of carbonyl (C=O) groups excluding carboxylic acids is 1. The van der Waals surface area contributed by atoms with Crippen molar-refractivity contribution in [2.75, 3.05) is 12.3 Å². The van der Waals surface area contributed by atoms with Crippen molar-refractivity contribution < 1.29 is 9.32 Å². The van der Waals surface area contributed by atoms with E-state index in [9.17, 15) is 4.79 Å². The van der Waals surface area contributed by atoms with Crippen LogP contribution in [0.2, 0.25) is 0 Å². The average Bonchev–Trinajstić information content (AvgIpc) is 3.37. The van der Waals surface area contributed by atoms with Crippen LogP contribution in [0.15, 0.2) is 64.0 Å². The first-order valence-electron chi connectivity index (χ1n) is 9.09. The normalized spacial score (nSPS) is 16.6. The summed E-state index contributed by atoms with van der Waals surface area (Å²) < 4.78 is 5.51. The lowest BCUT2D eigenvalue weighted by atomic mass is 10.1. The highest BCUT2D eigenvalue weighted by Crippen LogP contribution is 2.33. The van der Waals surface area contributed by atoms with E-state index in [4.69, 9.17) is 4.52 Å². The molecule has 2 heterocycles. The van der Waals surface area contributed by atoms with E-state index in [0.717, 1.165) is 29.8 Å². The molecule has 1 atom stereocenters. The molecule has 0 N–H and O–H groups in total. The largest absolute Gasteiger partial charge is 0.337 e. The van der Waals surface area contributed by atoms with E-state index in [1.165, 1.54) is 5.56 Å². The molecule has 1 aliphatic heterocycles. The Kier molecular flexibility index (Phi) is 5.25. The Morgan fingerprint density at radius 1 is 1.19 bits per heavy atom. The second kappa shape index (κ2) is 7.96. The monoisotopic (exact) mass is 379 g/mol. The van der Waals surface area contributed by atoms with Crippen LogP contribution in [0.4, 0.5) is 0 Å². The second-order valence-corrected chi connectivity index (χ2v) is 7.72. The maximum atomic E-state index is 12.7. The third-order valence-corrected chi connectivity index (χ3v) is 5.71. The molecule has 0 saturated carbocycles. The van der Waals surface area contributed by atoms with Crippen LogP contribution in [-0.2, 0) is 4.79 Å². The number of amides is 1. The van der Waals surface area contributed by atoms with Crippen molar-refractivity contribution >= 4 is 17.7 Å². The molecule has 1 unspecified atom stereocenters. The number of nitrogens with zero attached hydrogens (tertiary/aromatic N) is 3. The molecule has 6 heteroatoms. The van der Waals surface area contributed by atoms with E-state index >= 15 is 0 Å². The van der Waals surface area contributed by atoms with E-state index in [0.29, 0.717) is 17.5 Å². The van der Waals surface area contributed by atoms with Gasteiger partial charge < -0.3 is 9.42 Å². The zero-order valence-corrected chi connectivity index (χ0v) is 16.0. The molecule has 1 aliphatic rings. The van der Waals surface area contributed by atoms with Gasteiger partial charge in [-0.15, -0.1) is 11.8 Å². The number of rotatable bonds is 5. The molecule has 5 nitrogen and oxygen atoms in total. The van der Waals surface area contributed by atoms with Gasteiger partial charge in [-0.2, -0.15) is 4.98 Å². The lowest BCUT2D eigenvalue weighted by Gasteiger charge is -2.21. The Labute approximate surface area is 162 Å². The van der Waals surface area contributed by atoms with Gasteiger partial charge in [-0.1, -0.05) is 53.2 Å². The van der Waals surface area contributed by atoms with Crippen LogP contribution < -0.4 is 0 Å². The van der Waals surface area contributed by atoms with Crippen molar-refractivity contribution in [1.82, 2.24) is 15.0 Å². The summed E-state index contributed by atoms with van der Waals surface area (Å²) in [4.78, 5) is 20.3. The maximum absolute atomic E-state index is 12.7. The Hall–Kier alpha value is -2.60. The Morgan fingerprint density at radius 2 is 1.96 bits per heavy atom. The smallest absolute Gasteiger partial charge is 0.249 e. The summed E-state index contributed by atoms with van der Waals surface area (Å²) in [5, 5.41) is 4.12. The van der Waals surface area contributed by atoms with Crippen LogP contribution in [0.5, 0.6) is 0 Å². The third kappa shape index (κ3) is 4.06. The van der Waals surface area contributed by atoms with Crippen LogP contribution in [0.3, 0.4) is 0 Å². The fraction of sp³-hybridized carbons (Fsp3) is 0.286. The van der Waals surface area contributed by atoms with E-state index < -0.39 is 0 Å². The summed E-state index contributed by atoms with van der Waals surface area (Å²) in [6.45, 7) is 2.78. The maximum Gasteiger partial charge on any atom is 0.249 e. The number of benzene rings is 2. The number of hydrogen-bond acceptors (Lipinski definition) is 5. The molecule has 1 aromatic heterocycles. The van der Waals surface area contributed by atoms with Crippen LogP contribution in [0, 0.1) is 6.92 Å². The molecule has 27 heavy (non-hydrogen) atoms. The first-order valence-corrected chi connectivity index (χ1v) is 10.1. The number of thioether (sulfide) groups is 1. The van der Waals surface area contributed by atoms with Crippen molar-refractivity contribution in [2.45, 2.75) is 30.7 Å². The van der Waals surface area contributed by atoms with Gasteiger partial charge in [0.15, 0.2) is 0 Å². The Morgan fingerprint density at radius 3 is 2.74 bits per heavy atom. The minimum absolute atomic E-state index is 0.112.